The number of benzene rings is 2. The van der Waals surface area contributed by atoms with E-state index in [4.69, 9.17) is 9.84 Å². The summed E-state index contributed by atoms with van der Waals surface area (Å²) in [6.45, 7) is 3.39. The summed E-state index contributed by atoms with van der Waals surface area (Å²) in [5.74, 6) is -1.79. The highest BCUT2D eigenvalue weighted by Crippen LogP contribution is 2.32. The summed E-state index contributed by atoms with van der Waals surface area (Å²) in [5, 5.41) is 22.8. The molecular weight excluding hydrogens is 434 g/mol. The molecule has 2 aromatic carbocycles. The quantitative estimate of drug-likeness (QED) is 0.318. The molecule has 1 saturated heterocycles. The summed E-state index contributed by atoms with van der Waals surface area (Å²) in [4.78, 5) is 37.4. The summed E-state index contributed by atoms with van der Waals surface area (Å²) >= 11 is 1.07. The van der Waals surface area contributed by atoms with E-state index in [-0.39, 0.29) is 28.9 Å². The van der Waals surface area contributed by atoms with Crippen LogP contribution in [0.5, 0.6) is 11.5 Å². The molecule has 2 aromatic rings. The van der Waals surface area contributed by atoms with Gasteiger partial charge in [-0.2, -0.15) is 0 Å². The smallest absolute Gasteiger partial charge is 0.341 e. The van der Waals surface area contributed by atoms with Gasteiger partial charge in [-0.3, -0.25) is 14.5 Å². The Bertz CT molecular complexity index is 1110. The second kappa shape index (κ2) is 10.3. The fourth-order valence-electron chi connectivity index (χ4n) is 2.66. The maximum Gasteiger partial charge on any atom is 0.341 e. The number of rotatable bonds is 8. The van der Waals surface area contributed by atoms with Gasteiger partial charge in [0.1, 0.15) is 11.5 Å². The van der Waals surface area contributed by atoms with E-state index in [1.165, 1.54) is 23.1 Å². The van der Waals surface area contributed by atoms with Gasteiger partial charge >= 0.3 is 5.97 Å². The zero-order valence-electron chi connectivity index (χ0n) is 16.7. The van der Waals surface area contributed by atoms with Crippen LogP contribution in [0.15, 0.2) is 71.2 Å². The van der Waals surface area contributed by atoms with Gasteiger partial charge in [-0.1, -0.05) is 30.3 Å². The third kappa shape index (κ3) is 5.55. The number of carbonyl (C=O) groups is 3. The van der Waals surface area contributed by atoms with Crippen molar-refractivity contribution in [2.45, 2.75) is 0 Å². The molecule has 1 aliphatic rings. The number of phenolic OH excluding ortho intramolecular Hbond substituents is 1. The predicted molar refractivity (Wildman–Crippen MR) is 120 cm³/mol. The van der Waals surface area contributed by atoms with Crippen molar-refractivity contribution in [2.24, 2.45) is 5.10 Å². The fourth-order valence-corrected chi connectivity index (χ4v) is 3.61. The molecule has 0 spiro atoms. The van der Waals surface area contributed by atoms with Crippen molar-refractivity contribution in [1.82, 2.24) is 10.3 Å². The Morgan fingerprint density at radius 2 is 1.91 bits per heavy atom. The van der Waals surface area contributed by atoms with Crippen LogP contribution in [0.3, 0.4) is 0 Å². The number of carboxylic acid groups (broad SMARTS) is 1. The van der Waals surface area contributed by atoms with Gasteiger partial charge < -0.3 is 14.9 Å². The molecule has 1 aliphatic heterocycles. The van der Waals surface area contributed by atoms with E-state index in [0.717, 1.165) is 11.8 Å². The third-order valence-corrected chi connectivity index (χ3v) is 5.15. The summed E-state index contributed by atoms with van der Waals surface area (Å²) in [6, 6.07) is 12.6. The monoisotopic (exact) mass is 453 g/mol. The van der Waals surface area contributed by atoms with Gasteiger partial charge in [0.15, 0.2) is 11.8 Å². The molecule has 0 saturated carbocycles. The molecule has 3 rings (SSSR count). The van der Waals surface area contributed by atoms with Gasteiger partial charge in [0, 0.05) is 6.54 Å². The molecule has 0 aliphatic carbocycles. The molecular formula is C22H19N3O6S. The number of hydrazone groups is 1. The lowest BCUT2D eigenvalue weighted by molar-refractivity contribution is -0.139. The first-order chi connectivity index (χ1) is 15.4. The van der Waals surface area contributed by atoms with Crippen LogP contribution in [0.2, 0.25) is 0 Å². The van der Waals surface area contributed by atoms with Crippen LogP contribution in [0.25, 0.3) is 6.08 Å². The van der Waals surface area contributed by atoms with E-state index in [1.54, 1.807) is 42.5 Å². The first kappa shape index (κ1) is 22.6. The number of hydrogen-bond acceptors (Lipinski definition) is 7. The number of ether oxygens (including phenoxy) is 1. The number of carboxylic acids is 1. The Kier molecular flexibility index (Phi) is 7.29. The molecule has 10 heteroatoms. The van der Waals surface area contributed by atoms with Gasteiger partial charge in [-0.15, -0.1) is 11.7 Å². The van der Waals surface area contributed by atoms with Crippen molar-refractivity contribution < 1.29 is 29.3 Å². The molecule has 0 unspecified atom stereocenters. The lowest BCUT2D eigenvalue weighted by Gasteiger charge is -2.12. The number of amidine groups is 1. The Balaban J connectivity index is 1.76. The van der Waals surface area contributed by atoms with Crippen LogP contribution in [0.4, 0.5) is 0 Å². The number of aromatic hydroxyl groups is 1. The maximum absolute atomic E-state index is 12.8. The topological polar surface area (TPSA) is 129 Å². The van der Waals surface area contributed by atoms with Gasteiger partial charge in [0.05, 0.1) is 10.5 Å². The average Bonchev–Trinajstić information content (AvgIpc) is 3.06. The number of amides is 2. The van der Waals surface area contributed by atoms with Gasteiger partial charge in [0.2, 0.25) is 0 Å². The zero-order valence-corrected chi connectivity index (χ0v) is 17.5. The Morgan fingerprint density at radius 3 is 2.56 bits per heavy atom. The van der Waals surface area contributed by atoms with Crippen LogP contribution in [0.1, 0.15) is 15.9 Å². The Hall–Kier alpha value is -4.05. The van der Waals surface area contributed by atoms with E-state index in [2.05, 4.69) is 17.1 Å². The highest BCUT2D eigenvalue weighted by Gasteiger charge is 2.33. The van der Waals surface area contributed by atoms with E-state index in [1.807, 2.05) is 0 Å². The Labute approximate surface area is 187 Å². The number of carbonyl (C=O) groups excluding carboxylic acids is 2. The SMILES string of the molecule is C=CCN1C(=O)/C(=C/c2ccc(OCC(=O)O)cc2)S/C1=N/NC(=O)c1ccccc1O. The molecule has 0 radical (unpaired) electrons. The second-order valence-electron chi connectivity index (χ2n) is 6.42. The van der Waals surface area contributed by atoms with Gasteiger partial charge in [-0.25, -0.2) is 10.2 Å². The van der Waals surface area contributed by atoms with Gasteiger partial charge in [0.25, 0.3) is 11.8 Å². The van der Waals surface area contributed by atoms with E-state index < -0.39 is 18.5 Å². The van der Waals surface area contributed by atoms with E-state index in [9.17, 15) is 19.5 Å². The highest BCUT2D eigenvalue weighted by atomic mass is 32.2. The van der Waals surface area contributed by atoms with Gasteiger partial charge in [-0.05, 0) is 47.7 Å². The minimum absolute atomic E-state index is 0.0578. The third-order valence-electron chi connectivity index (χ3n) is 4.14. The number of para-hydroxylation sites is 1. The van der Waals surface area contributed by atoms with Crippen molar-refractivity contribution in [2.75, 3.05) is 13.2 Å². The summed E-state index contributed by atoms with van der Waals surface area (Å²) < 4.78 is 5.09. The predicted octanol–water partition coefficient (Wildman–Crippen LogP) is 2.66. The van der Waals surface area contributed by atoms with E-state index in [0.29, 0.717) is 16.2 Å². The number of nitrogens with zero attached hydrogens (tertiary/aromatic N) is 2. The molecule has 32 heavy (non-hydrogen) atoms. The fraction of sp³-hybridized carbons (Fsp3) is 0.0909. The molecule has 1 fully saturated rings. The van der Waals surface area contributed by atoms with Crippen LogP contribution >= 0.6 is 11.8 Å². The average molecular weight is 453 g/mol. The molecule has 164 valence electrons. The first-order valence-electron chi connectivity index (χ1n) is 9.32. The molecule has 0 atom stereocenters. The lowest BCUT2D eigenvalue weighted by Crippen LogP contribution is -2.31. The summed E-state index contributed by atoms with van der Waals surface area (Å²) in [5.41, 5.74) is 3.11. The molecule has 0 aromatic heterocycles. The molecule has 1 heterocycles. The van der Waals surface area contributed by atoms with Crippen LogP contribution in [-0.2, 0) is 9.59 Å². The van der Waals surface area contributed by atoms with Crippen molar-refractivity contribution in [3.05, 3.63) is 77.2 Å². The number of phenols is 1. The normalized spacial score (nSPS) is 15.8. The van der Waals surface area contributed by atoms with Crippen LogP contribution in [-0.4, -0.2) is 51.2 Å². The van der Waals surface area contributed by atoms with Crippen molar-refractivity contribution in [1.29, 1.82) is 0 Å². The molecule has 2 amide bonds. The second-order valence-corrected chi connectivity index (χ2v) is 7.43. The molecule has 3 N–H and O–H groups in total. The highest BCUT2D eigenvalue weighted by molar-refractivity contribution is 8.18. The molecule has 0 bridgehead atoms. The summed E-state index contributed by atoms with van der Waals surface area (Å²) in [6.07, 6.45) is 3.19. The first-order valence-corrected chi connectivity index (χ1v) is 10.1. The zero-order chi connectivity index (χ0) is 23.1. The van der Waals surface area contributed by atoms with Crippen LogP contribution in [0, 0.1) is 0 Å². The standard InChI is InChI=1S/C22H19N3O6S/c1-2-11-25-21(30)18(12-14-7-9-15(10-8-14)31-13-19(27)28)32-22(25)24-23-20(29)16-5-3-4-6-17(16)26/h2-10,12,26H,1,11,13H2,(H,23,29)(H,27,28)/b18-12-,24-22+. The van der Waals surface area contributed by atoms with Crippen molar-refractivity contribution in [3.63, 3.8) is 0 Å². The Morgan fingerprint density at radius 1 is 1.19 bits per heavy atom. The largest absolute Gasteiger partial charge is 0.507 e. The number of hydrogen-bond donors (Lipinski definition) is 3. The van der Waals surface area contributed by atoms with Crippen molar-refractivity contribution >= 4 is 40.8 Å². The molecule has 9 nitrogen and oxygen atoms in total. The number of nitrogens with one attached hydrogen (secondary N) is 1. The lowest BCUT2D eigenvalue weighted by atomic mass is 10.2. The minimum atomic E-state index is -1.08. The minimum Gasteiger partial charge on any atom is -0.507 e. The van der Waals surface area contributed by atoms with Crippen LogP contribution < -0.4 is 10.2 Å². The van der Waals surface area contributed by atoms with Crippen molar-refractivity contribution in [3.8, 4) is 11.5 Å². The number of thioether (sulfide) groups is 1. The van der Waals surface area contributed by atoms with E-state index >= 15 is 0 Å². The maximum atomic E-state index is 12.8. The number of aliphatic carboxylic acids is 1. The summed E-state index contributed by atoms with van der Waals surface area (Å²) in [7, 11) is 0.